The average Bonchev–Trinajstić information content (AvgIpc) is 2.41. The fourth-order valence-corrected chi connectivity index (χ4v) is 3.85. The minimum Gasteiger partial charge on any atom is -0.369 e. The van der Waals surface area contributed by atoms with Gasteiger partial charge in [-0.15, -0.1) is 0 Å². The summed E-state index contributed by atoms with van der Waals surface area (Å²) in [5.74, 6) is 0.414. The zero-order valence-electron chi connectivity index (χ0n) is 11.7. The van der Waals surface area contributed by atoms with E-state index in [0.717, 1.165) is 24.1 Å². The molecule has 0 amide bonds. The maximum absolute atomic E-state index is 11.5. The quantitative estimate of drug-likeness (QED) is 0.921. The van der Waals surface area contributed by atoms with Crippen LogP contribution in [-0.2, 0) is 16.3 Å². The molecule has 2 N–H and O–H groups in total. The van der Waals surface area contributed by atoms with Crippen LogP contribution in [0.2, 0.25) is 5.02 Å². The molecule has 20 heavy (non-hydrogen) atoms. The number of rotatable bonds is 4. The van der Waals surface area contributed by atoms with Crippen molar-refractivity contribution in [1.82, 2.24) is 0 Å². The van der Waals surface area contributed by atoms with Crippen molar-refractivity contribution < 1.29 is 8.42 Å². The number of sulfone groups is 1. The van der Waals surface area contributed by atoms with Crippen molar-refractivity contribution in [1.29, 1.82) is 0 Å². The fraction of sp³-hybridized carbons (Fsp3) is 0.571. The van der Waals surface area contributed by atoms with E-state index >= 15 is 0 Å². The molecule has 0 aromatic heterocycles. The molecule has 112 valence electrons. The number of hydrogen-bond acceptors (Lipinski definition) is 4. The number of halogens is 1. The lowest BCUT2D eigenvalue weighted by atomic mass is 10.0. The normalized spacial score (nSPS) is 19.9. The van der Waals surface area contributed by atoms with Crippen LogP contribution in [0, 0.1) is 0 Å². The highest BCUT2D eigenvalue weighted by Crippen LogP contribution is 2.30. The summed E-state index contributed by atoms with van der Waals surface area (Å²) in [4.78, 5) is 2.10. The topological polar surface area (TPSA) is 63.4 Å². The standard InChI is InChI=1S/C14H21ClN2O2S/c1-2-11(16)10-12-13(15)4-3-5-14(12)17-6-8-20(18,19)9-7-17/h3-5,11H,2,6-10,16H2,1H3. The molecule has 0 aliphatic carbocycles. The van der Waals surface area contributed by atoms with Gasteiger partial charge in [-0.2, -0.15) is 0 Å². The van der Waals surface area contributed by atoms with Crippen molar-refractivity contribution in [2.75, 3.05) is 29.5 Å². The van der Waals surface area contributed by atoms with Crippen LogP contribution >= 0.6 is 11.6 Å². The van der Waals surface area contributed by atoms with Gasteiger partial charge in [0.25, 0.3) is 0 Å². The second-order valence-corrected chi connectivity index (χ2v) is 7.96. The van der Waals surface area contributed by atoms with Crippen LogP contribution in [0.1, 0.15) is 18.9 Å². The molecule has 1 aliphatic heterocycles. The molecule has 1 aromatic carbocycles. The van der Waals surface area contributed by atoms with Crippen LogP contribution < -0.4 is 10.6 Å². The SMILES string of the molecule is CCC(N)Cc1c(Cl)cccc1N1CCS(=O)(=O)CC1. The first kappa shape index (κ1) is 15.6. The van der Waals surface area contributed by atoms with Gasteiger partial charge in [0.15, 0.2) is 9.84 Å². The van der Waals surface area contributed by atoms with E-state index in [1.165, 1.54) is 0 Å². The third kappa shape index (κ3) is 3.65. The molecular formula is C14H21ClN2O2S. The largest absolute Gasteiger partial charge is 0.369 e. The maximum Gasteiger partial charge on any atom is 0.153 e. The number of nitrogens with zero attached hydrogens (tertiary/aromatic N) is 1. The average molecular weight is 317 g/mol. The van der Waals surface area contributed by atoms with Crippen molar-refractivity contribution in [3.63, 3.8) is 0 Å². The number of hydrogen-bond donors (Lipinski definition) is 1. The van der Waals surface area contributed by atoms with Crippen LogP contribution in [0.3, 0.4) is 0 Å². The summed E-state index contributed by atoms with van der Waals surface area (Å²) in [6, 6.07) is 5.84. The summed E-state index contributed by atoms with van der Waals surface area (Å²) in [5, 5.41) is 0.708. The molecule has 4 nitrogen and oxygen atoms in total. The Balaban J connectivity index is 2.25. The molecule has 1 unspecified atom stereocenters. The van der Waals surface area contributed by atoms with E-state index in [2.05, 4.69) is 11.8 Å². The smallest absolute Gasteiger partial charge is 0.153 e. The molecule has 2 rings (SSSR count). The lowest BCUT2D eigenvalue weighted by Crippen LogP contribution is -2.41. The van der Waals surface area contributed by atoms with Crippen molar-refractivity contribution in [3.05, 3.63) is 28.8 Å². The van der Waals surface area contributed by atoms with Crippen LogP contribution in [0.4, 0.5) is 5.69 Å². The summed E-state index contributed by atoms with van der Waals surface area (Å²) >= 11 is 6.31. The Kier molecular flexibility index (Phi) is 4.94. The third-order valence-electron chi connectivity index (χ3n) is 3.77. The molecular weight excluding hydrogens is 296 g/mol. The van der Waals surface area contributed by atoms with E-state index in [9.17, 15) is 8.42 Å². The lowest BCUT2D eigenvalue weighted by Gasteiger charge is -2.31. The Labute approximate surface area is 125 Å². The summed E-state index contributed by atoms with van der Waals surface area (Å²) < 4.78 is 23.1. The highest BCUT2D eigenvalue weighted by atomic mass is 35.5. The van der Waals surface area contributed by atoms with Gasteiger partial charge in [-0.1, -0.05) is 24.6 Å². The zero-order chi connectivity index (χ0) is 14.8. The second kappa shape index (κ2) is 6.33. The van der Waals surface area contributed by atoms with Gasteiger partial charge in [0.1, 0.15) is 0 Å². The minimum atomic E-state index is -2.87. The van der Waals surface area contributed by atoms with Gasteiger partial charge in [-0.25, -0.2) is 8.42 Å². The van der Waals surface area contributed by atoms with E-state index in [-0.39, 0.29) is 17.5 Å². The third-order valence-corrected chi connectivity index (χ3v) is 5.73. The number of benzene rings is 1. The van der Waals surface area contributed by atoms with E-state index in [4.69, 9.17) is 17.3 Å². The molecule has 0 spiro atoms. The predicted molar refractivity (Wildman–Crippen MR) is 84.3 cm³/mol. The van der Waals surface area contributed by atoms with E-state index < -0.39 is 9.84 Å². The van der Waals surface area contributed by atoms with Crippen molar-refractivity contribution in [2.24, 2.45) is 5.73 Å². The summed E-state index contributed by atoms with van der Waals surface area (Å²) in [5.41, 5.74) is 8.10. The highest BCUT2D eigenvalue weighted by Gasteiger charge is 2.24. The Morgan fingerprint density at radius 2 is 2.00 bits per heavy atom. The summed E-state index contributed by atoms with van der Waals surface area (Å²) in [6.45, 7) is 3.10. The first-order chi connectivity index (χ1) is 9.43. The monoisotopic (exact) mass is 316 g/mol. The van der Waals surface area contributed by atoms with Crippen LogP contribution in [0.15, 0.2) is 18.2 Å². The predicted octanol–water partition coefficient (Wildman–Crippen LogP) is 1.85. The molecule has 0 radical (unpaired) electrons. The highest BCUT2D eigenvalue weighted by molar-refractivity contribution is 7.91. The minimum absolute atomic E-state index is 0.0715. The van der Waals surface area contributed by atoms with Crippen LogP contribution in [0.25, 0.3) is 0 Å². The summed E-state index contributed by atoms with van der Waals surface area (Å²) in [7, 11) is -2.87. The molecule has 0 bridgehead atoms. The van der Waals surface area contributed by atoms with Gasteiger partial charge in [0.2, 0.25) is 0 Å². The van der Waals surface area contributed by atoms with Crippen LogP contribution in [0.5, 0.6) is 0 Å². The van der Waals surface area contributed by atoms with Gasteiger partial charge < -0.3 is 10.6 Å². The second-order valence-electron chi connectivity index (χ2n) is 5.25. The molecule has 1 saturated heterocycles. The Morgan fingerprint density at radius 1 is 1.35 bits per heavy atom. The first-order valence-corrected chi connectivity index (χ1v) is 9.11. The van der Waals surface area contributed by atoms with Crippen molar-refractivity contribution in [3.8, 4) is 0 Å². The fourth-order valence-electron chi connectivity index (χ4n) is 2.41. The molecule has 0 saturated carbocycles. The van der Waals surface area contributed by atoms with Gasteiger partial charge in [0, 0.05) is 29.8 Å². The van der Waals surface area contributed by atoms with E-state index in [0.29, 0.717) is 18.1 Å². The summed E-state index contributed by atoms with van der Waals surface area (Å²) in [6.07, 6.45) is 1.60. The van der Waals surface area contributed by atoms with Crippen molar-refractivity contribution in [2.45, 2.75) is 25.8 Å². The Hall–Kier alpha value is -0.780. The molecule has 1 heterocycles. The van der Waals surface area contributed by atoms with Gasteiger partial charge in [-0.3, -0.25) is 0 Å². The Morgan fingerprint density at radius 3 is 2.60 bits per heavy atom. The molecule has 1 aromatic rings. The molecule has 1 fully saturated rings. The lowest BCUT2D eigenvalue weighted by molar-refractivity contribution is 0.586. The van der Waals surface area contributed by atoms with Gasteiger partial charge >= 0.3 is 0 Å². The van der Waals surface area contributed by atoms with Crippen molar-refractivity contribution >= 4 is 27.1 Å². The molecule has 6 heteroatoms. The number of nitrogens with two attached hydrogens (primary N) is 1. The Bertz CT molecular complexity index is 561. The molecule has 1 aliphatic rings. The van der Waals surface area contributed by atoms with Gasteiger partial charge in [-0.05, 0) is 30.5 Å². The van der Waals surface area contributed by atoms with E-state index in [1.807, 2.05) is 18.2 Å². The van der Waals surface area contributed by atoms with Crippen LogP contribution in [-0.4, -0.2) is 39.1 Å². The first-order valence-electron chi connectivity index (χ1n) is 6.91. The van der Waals surface area contributed by atoms with E-state index in [1.54, 1.807) is 0 Å². The zero-order valence-corrected chi connectivity index (χ0v) is 13.3. The van der Waals surface area contributed by atoms with Gasteiger partial charge in [0.05, 0.1) is 11.5 Å². The number of anilines is 1. The maximum atomic E-state index is 11.5. The molecule has 1 atom stereocenters.